The van der Waals surface area contributed by atoms with E-state index in [9.17, 15) is 4.79 Å². The van der Waals surface area contributed by atoms with Gasteiger partial charge >= 0.3 is 0 Å². The highest BCUT2D eigenvalue weighted by Gasteiger charge is 2.13. The second-order valence-corrected chi connectivity index (χ2v) is 7.74. The van der Waals surface area contributed by atoms with Crippen molar-refractivity contribution in [2.75, 3.05) is 5.32 Å². The third-order valence-electron chi connectivity index (χ3n) is 4.62. The summed E-state index contributed by atoms with van der Waals surface area (Å²) >= 11 is 1.44. The van der Waals surface area contributed by atoms with Crippen LogP contribution in [0.5, 0.6) is 0 Å². The third kappa shape index (κ3) is 3.62. The van der Waals surface area contributed by atoms with Crippen LogP contribution in [0.25, 0.3) is 22.7 Å². The zero-order valence-electron chi connectivity index (χ0n) is 15.9. The predicted octanol–water partition coefficient (Wildman–Crippen LogP) is 6.25. The molecule has 1 N–H and O–H groups in total. The molecule has 0 spiro atoms. The van der Waals surface area contributed by atoms with Crippen molar-refractivity contribution < 1.29 is 9.21 Å². The second-order valence-electron chi connectivity index (χ2n) is 6.82. The molecule has 2 heterocycles. The van der Waals surface area contributed by atoms with Crippen molar-refractivity contribution in [2.24, 2.45) is 0 Å². The number of anilines is 1. The molecule has 140 valence electrons. The van der Waals surface area contributed by atoms with E-state index >= 15 is 0 Å². The Morgan fingerprint density at radius 3 is 2.46 bits per heavy atom. The molecule has 5 heteroatoms. The van der Waals surface area contributed by atoms with E-state index in [2.05, 4.69) is 42.3 Å². The molecule has 0 aliphatic carbocycles. The number of oxazole rings is 1. The molecule has 0 unspecified atom stereocenters. The van der Waals surface area contributed by atoms with E-state index in [0.717, 1.165) is 32.9 Å². The fourth-order valence-corrected chi connectivity index (χ4v) is 3.94. The molecule has 28 heavy (non-hydrogen) atoms. The van der Waals surface area contributed by atoms with E-state index in [-0.39, 0.29) is 5.91 Å². The first kappa shape index (κ1) is 18.2. The molecule has 4 rings (SSSR count). The van der Waals surface area contributed by atoms with Gasteiger partial charge in [0.15, 0.2) is 0 Å². The van der Waals surface area contributed by atoms with Crippen LogP contribution < -0.4 is 5.32 Å². The lowest BCUT2D eigenvalue weighted by atomic mass is 10.0. The fraction of sp³-hybridized carbons (Fsp3) is 0.130. The van der Waals surface area contributed by atoms with Crippen molar-refractivity contribution in [3.8, 4) is 22.7 Å². The highest BCUT2D eigenvalue weighted by Crippen LogP contribution is 2.28. The summed E-state index contributed by atoms with van der Waals surface area (Å²) in [7, 11) is 0. The minimum Gasteiger partial charge on any atom is -0.444 e. The van der Waals surface area contributed by atoms with Gasteiger partial charge in [0.05, 0.1) is 4.88 Å². The smallest absolute Gasteiger partial charge is 0.265 e. The maximum Gasteiger partial charge on any atom is 0.265 e. The van der Waals surface area contributed by atoms with Crippen molar-refractivity contribution in [2.45, 2.75) is 20.8 Å². The lowest BCUT2D eigenvalue weighted by Gasteiger charge is -2.05. The quantitative estimate of drug-likeness (QED) is 0.450. The van der Waals surface area contributed by atoms with E-state index in [0.29, 0.717) is 5.89 Å². The average Bonchev–Trinajstić information content (AvgIpc) is 3.31. The predicted molar refractivity (Wildman–Crippen MR) is 114 cm³/mol. The van der Waals surface area contributed by atoms with Crippen LogP contribution in [-0.2, 0) is 0 Å². The summed E-state index contributed by atoms with van der Waals surface area (Å²) in [5.41, 5.74) is 6.86. The minimum atomic E-state index is -0.0893. The highest BCUT2D eigenvalue weighted by atomic mass is 32.1. The number of hydrogen-bond donors (Lipinski definition) is 1. The number of nitrogens with one attached hydrogen (secondary N) is 1. The first-order valence-electron chi connectivity index (χ1n) is 9.00. The van der Waals surface area contributed by atoms with Gasteiger partial charge in [0.1, 0.15) is 12.0 Å². The van der Waals surface area contributed by atoms with E-state index in [4.69, 9.17) is 4.42 Å². The van der Waals surface area contributed by atoms with Crippen LogP contribution in [0.1, 0.15) is 26.4 Å². The summed E-state index contributed by atoms with van der Waals surface area (Å²) in [4.78, 5) is 17.7. The standard InChI is InChI=1S/C23H20N2O2S/c1-14-4-9-19(16(3)12-14)20-13-27-23(25-20)17-5-7-18(8-6-17)24-22(26)21-15(2)10-11-28-21/h4-13H,1-3H3,(H,24,26). The SMILES string of the molecule is Cc1ccc(-c2coc(-c3ccc(NC(=O)c4sccc4C)cc3)n2)c(C)c1. The zero-order valence-corrected chi connectivity index (χ0v) is 16.8. The number of aromatic nitrogens is 1. The Balaban J connectivity index is 1.52. The van der Waals surface area contributed by atoms with Crippen molar-refractivity contribution >= 4 is 22.9 Å². The molecule has 0 saturated carbocycles. The summed E-state index contributed by atoms with van der Waals surface area (Å²) in [5.74, 6) is 0.468. The maximum absolute atomic E-state index is 12.3. The Hall–Kier alpha value is -3.18. The Labute approximate surface area is 167 Å². The molecular formula is C23H20N2O2S. The number of thiophene rings is 1. The monoisotopic (exact) mass is 388 g/mol. The van der Waals surface area contributed by atoms with Crippen LogP contribution in [-0.4, -0.2) is 10.9 Å². The van der Waals surface area contributed by atoms with Crippen molar-refractivity contribution in [3.05, 3.63) is 81.7 Å². The molecule has 2 aromatic carbocycles. The lowest BCUT2D eigenvalue weighted by Crippen LogP contribution is -2.11. The summed E-state index contributed by atoms with van der Waals surface area (Å²) in [5, 5.41) is 4.85. The van der Waals surface area contributed by atoms with E-state index < -0.39 is 0 Å². The molecule has 0 saturated heterocycles. The van der Waals surface area contributed by atoms with Gasteiger partial charge in [0.2, 0.25) is 5.89 Å². The summed E-state index contributed by atoms with van der Waals surface area (Å²) in [6.07, 6.45) is 1.68. The Morgan fingerprint density at radius 2 is 1.79 bits per heavy atom. The van der Waals surface area contributed by atoms with Gasteiger partial charge in [-0.15, -0.1) is 11.3 Å². The van der Waals surface area contributed by atoms with Crippen LogP contribution in [0.4, 0.5) is 5.69 Å². The zero-order chi connectivity index (χ0) is 19.7. The van der Waals surface area contributed by atoms with Crippen LogP contribution in [0.15, 0.2) is 64.6 Å². The number of rotatable bonds is 4. The molecule has 4 nitrogen and oxygen atoms in total. The second kappa shape index (κ2) is 7.44. The van der Waals surface area contributed by atoms with Crippen molar-refractivity contribution in [3.63, 3.8) is 0 Å². The topological polar surface area (TPSA) is 55.1 Å². The number of carbonyl (C=O) groups excluding carboxylic acids is 1. The molecule has 0 bridgehead atoms. The van der Waals surface area contributed by atoms with E-state index in [1.807, 2.05) is 42.6 Å². The van der Waals surface area contributed by atoms with Gasteiger partial charge in [-0.2, -0.15) is 0 Å². The first-order valence-corrected chi connectivity index (χ1v) is 9.88. The molecule has 0 aliphatic rings. The maximum atomic E-state index is 12.3. The van der Waals surface area contributed by atoms with Crippen LogP contribution >= 0.6 is 11.3 Å². The number of nitrogens with zero attached hydrogens (tertiary/aromatic N) is 1. The molecule has 0 atom stereocenters. The summed E-state index contributed by atoms with van der Waals surface area (Å²) in [6, 6.07) is 15.7. The average molecular weight is 388 g/mol. The van der Waals surface area contributed by atoms with Crippen LogP contribution in [0.2, 0.25) is 0 Å². The third-order valence-corrected chi connectivity index (χ3v) is 5.64. The molecule has 4 aromatic rings. The van der Waals surface area contributed by atoms with Gasteiger partial charge in [0, 0.05) is 16.8 Å². The summed E-state index contributed by atoms with van der Waals surface area (Å²) in [6.45, 7) is 6.08. The number of aryl methyl sites for hydroxylation is 3. The van der Waals surface area contributed by atoms with E-state index in [1.165, 1.54) is 22.5 Å². The Morgan fingerprint density at radius 1 is 1.00 bits per heavy atom. The molecule has 0 fully saturated rings. The highest BCUT2D eigenvalue weighted by molar-refractivity contribution is 7.12. The van der Waals surface area contributed by atoms with Crippen LogP contribution in [0.3, 0.4) is 0 Å². The number of carbonyl (C=O) groups is 1. The van der Waals surface area contributed by atoms with Gasteiger partial charge in [-0.05, 0) is 67.6 Å². The molecule has 1 amide bonds. The minimum absolute atomic E-state index is 0.0893. The molecule has 2 aromatic heterocycles. The lowest BCUT2D eigenvalue weighted by molar-refractivity contribution is 0.103. The first-order chi connectivity index (χ1) is 13.5. The summed E-state index contributed by atoms with van der Waals surface area (Å²) < 4.78 is 5.69. The molecular weight excluding hydrogens is 368 g/mol. The number of hydrogen-bond acceptors (Lipinski definition) is 4. The van der Waals surface area contributed by atoms with Gasteiger partial charge in [-0.1, -0.05) is 23.8 Å². The number of benzene rings is 2. The van der Waals surface area contributed by atoms with Gasteiger partial charge in [-0.3, -0.25) is 4.79 Å². The van der Waals surface area contributed by atoms with Crippen molar-refractivity contribution in [1.82, 2.24) is 4.98 Å². The molecule has 0 radical (unpaired) electrons. The van der Waals surface area contributed by atoms with Gasteiger partial charge < -0.3 is 9.73 Å². The van der Waals surface area contributed by atoms with Gasteiger partial charge in [0.25, 0.3) is 5.91 Å². The van der Waals surface area contributed by atoms with Crippen LogP contribution in [0, 0.1) is 20.8 Å². The normalized spacial score (nSPS) is 10.8. The van der Waals surface area contributed by atoms with Crippen molar-refractivity contribution in [1.29, 1.82) is 0 Å². The largest absolute Gasteiger partial charge is 0.444 e. The van der Waals surface area contributed by atoms with Gasteiger partial charge in [-0.25, -0.2) is 4.98 Å². The Kier molecular flexibility index (Phi) is 4.84. The Bertz CT molecular complexity index is 1140. The number of amides is 1. The molecule has 0 aliphatic heterocycles. The fourth-order valence-electron chi connectivity index (χ4n) is 3.12. The van der Waals surface area contributed by atoms with E-state index in [1.54, 1.807) is 6.26 Å².